The van der Waals surface area contributed by atoms with E-state index < -0.39 is 10.0 Å². The normalized spacial score (nSPS) is 17.6. The molecule has 0 bridgehead atoms. The van der Waals surface area contributed by atoms with Crippen molar-refractivity contribution in [3.05, 3.63) is 22.6 Å². The third kappa shape index (κ3) is 2.23. The number of fused-ring (bicyclic) bond motifs is 1. The van der Waals surface area contributed by atoms with Crippen LogP contribution in [0.15, 0.2) is 26.8 Å². The van der Waals surface area contributed by atoms with Gasteiger partial charge in [0.15, 0.2) is 4.21 Å². The number of rotatable bonds is 2. The molecule has 0 unspecified atom stereocenters. The molecule has 0 aliphatic carbocycles. The van der Waals surface area contributed by atoms with Crippen LogP contribution in [-0.4, -0.2) is 14.3 Å². The third-order valence-electron chi connectivity index (χ3n) is 2.11. The summed E-state index contributed by atoms with van der Waals surface area (Å²) in [5, 5.41) is 1.24. The molecule has 0 fully saturated rings. The van der Waals surface area contributed by atoms with Gasteiger partial charge in [-0.25, -0.2) is 5.84 Å². The van der Waals surface area contributed by atoms with E-state index in [4.69, 9.17) is 17.4 Å². The lowest BCUT2D eigenvalue weighted by molar-refractivity contribution is 0.598. The van der Waals surface area contributed by atoms with E-state index in [1.807, 2.05) is 0 Å². The molecule has 0 spiro atoms. The monoisotopic (exact) mass is 291 g/mol. The van der Waals surface area contributed by atoms with Crippen molar-refractivity contribution in [3.63, 3.8) is 0 Å². The van der Waals surface area contributed by atoms with Crippen LogP contribution in [0.25, 0.3) is 0 Å². The Bertz CT molecular complexity index is 618. The maximum absolute atomic E-state index is 11.9. The maximum Gasteiger partial charge on any atom is 0.295 e. The number of nitrogens with two attached hydrogens (primary N) is 1. The van der Waals surface area contributed by atoms with Crippen LogP contribution in [-0.2, 0) is 10.0 Å². The first kappa shape index (κ1) is 12.6. The van der Waals surface area contributed by atoms with E-state index in [9.17, 15) is 8.42 Å². The van der Waals surface area contributed by atoms with E-state index in [2.05, 4.69) is 11.0 Å². The van der Waals surface area contributed by atoms with Crippen LogP contribution in [0.4, 0.5) is 5.69 Å². The van der Waals surface area contributed by atoms with Crippen molar-refractivity contribution in [1.29, 1.82) is 0 Å². The molecular formula is C9H10ClN3O2S2. The van der Waals surface area contributed by atoms with Crippen molar-refractivity contribution in [3.8, 4) is 0 Å². The summed E-state index contributed by atoms with van der Waals surface area (Å²) in [5.41, 5.74) is 1.14. The quantitative estimate of drug-likeness (QED) is 0.669. The minimum absolute atomic E-state index is 0.0791. The summed E-state index contributed by atoms with van der Waals surface area (Å²) < 4.78 is 27.9. The second-order valence-electron chi connectivity index (χ2n) is 3.71. The lowest BCUT2D eigenvalue weighted by atomic mass is 10.2. The molecule has 0 aromatic carbocycles. The predicted octanol–water partition coefficient (Wildman–Crippen LogP) is 2.15. The molecule has 2 heterocycles. The van der Waals surface area contributed by atoms with E-state index in [0.29, 0.717) is 16.4 Å². The van der Waals surface area contributed by atoms with E-state index in [1.54, 1.807) is 6.92 Å². The number of hydrogen-bond acceptors (Lipinski definition) is 5. The number of halogens is 1. The second-order valence-corrected chi connectivity index (χ2v) is 7.19. The average Bonchev–Trinajstić information content (AvgIpc) is 2.56. The average molecular weight is 292 g/mol. The largest absolute Gasteiger partial charge is 0.295 e. The highest BCUT2D eigenvalue weighted by molar-refractivity contribution is 7.92. The number of anilines is 1. The molecule has 1 aromatic rings. The molecule has 5 nitrogen and oxygen atoms in total. The molecule has 0 atom stereocenters. The van der Waals surface area contributed by atoms with Gasteiger partial charge in [0.05, 0.1) is 10.0 Å². The van der Waals surface area contributed by atoms with Crippen molar-refractivity contribution >= 4 is 44.5 Å². The number of amidine groups is 1. The molecule has 92 valence electrons. The lowest BCUT2D eigenvalue weighted by Gasteiger charge is -2.23. The summed E-state index contributed by atoms with van der Waals surface area (Å²) in [4.78, 5) is 0. The standard InChI is InChI=1S/C9H10ClN3O2S2/c1-5(2)3-8-12-17(14,15)9-6(13(8)11)4-7(10)16-9/h4H,1,3,11H2,2H3. The van der Waals surface area contributed by atoms with Gasteiger partial charge in [0, 0.05) is 6.42 Å². The van der Waals surface area contributed by atoms with Gasteiger partial charge in [-0.15, -0.1) is 15.7 Å². The summed E-state index contributed by atoms with van der Waals surface area (Å²) in [5.74, 6) is 6.07. The second kappa shape index (κ2) is 4.09. The van der Waals surface area contributed by atoms with E-state index in [0.717, 1.165) is 16.9 Å². The Morgan fingerprint density at radius 2 is 2.35 bits per heavy atom. The fourth-order valence-electron chi connectivity index (χ4n) is 1.44. The van der Waals surface area contributed by atoms with Crippen LogP contribution >= 0.6 is 22.9 Å². The zero-order valence-corrected chi connectivity index (χ0v) is 11.4. The fourth-order valence-corrected chi connectivity index (χ4v) is 4.26. The molecule has 0 amide bonds. The lowest BCUT2D eigenvalue weighted by Crippen LogP contribution is -2.40. The minimum Gasteiger partial charge on any atom is -0.263 e. The smallest absolute Gasteiger partial charge is 0.263 e. The Kier molecular flexibility index (Phi) is 3.03. The van der Waals surface area contributed by atoms with Gasteiger partial charge >= 0.3 is 0 Å². The Morgan fingerprint density at radius 3 is 2.94 bits per heavy atom. The molecule has 2 N–H and O–H groups in total. The Labute approximate surface area is 108 Å². The molecule has 2 rings (SSSR count). The van der Waals surface area contributed by atoms with Crippen LogP contribution in [0.1, 0.15) is 13.3 Å². The first-order valence-electron chi connectivity index (χ1n) is 4.63. The van der Waals surface area contributed by atoms with Crippen LogP contribution in [0.3, 0.4) is 0 Å². The van der Waals surface area contributed by atoms with Crippen LogP contribution in [0, 0.1) is 0 Å². The topological polar surface area (TPSA) is 75.8 Å². The first-order chi connectivity index (χ1) is 7.81. The fraction of sp³-hybridized carbons (Fsp3) is 0.222. The highest BCUT2D eigenvalue weighted by Crippen LogP contribution is 2.40. The summed E-state index contributed by atoms with van der Waals surface area (Å²) in [7, 11) is -3.69. The predicted molar refractivity (Wildman–Crippen MR) is 70.0 cm³/mol. The number of sulfonamides is 1. The summed E-state index contributed by atoms with van der Waals surface area (Å²) in [6.07, 6.45) is 0.308. The Balaban J connectivity index is 2.56. The summed E-state index contributed by atoms with van der Waals surface area (Å²) in [6.45, 7) is 5.49. The zero-order valence-electron chi connectivity index (χ0n) is 8.97. The number of thiophene rings is 1. The van der Waals surface area contributed by atoms with Gasteiger partial charge < -0.3 is 0 Å². The van der Waals surface area contributed by atoms with Gasteiger partial charge in [0.2, 0.25) is 0 Å². The van der Waals surface area contributed by atoms with Crippen LogP contribution < -0.4 is 10.9 Å². The number of hydrogen-bond donors (Lipinski definition) is 1. The SMILES string of the molecule is C=C(C)CC1=NS(=O)(=O)c2sc(Cl)cc2N1N. The molecular weight excluding hydrogens is 282 g/mol. The van der Waals surface area contributed by atoms with Gasteiger partial charge in [0.25, 0.3) is 10.0 Å². The highest BCUT2D eigenvalue weighted by atomic mass is 35.5. The van der Waals surface area contributed by atoms with E-state index in [-0.39, 0.29) is 10.0 Å². The Hall–Kier alpha value is -0.890. The maximum atomic E-state index is 11.9. The van der Waals surface area contributed by atoms with Crippen molar-refractivity contribution in [2.45, 2.75) is 17.6 Å². The van der Waals surface area contributed by atoms with Crippen LogP contribution in [0.5, 0.6) is 0 Å². The van der Waals surface area contributed by atoms with Gasteiger partial charge in [-0.2, -0.15) is 8.42 Å². The highest BCUT2D eigenvalue weighted by Gasteiger charge is 2.31. The van der Waals surface area contributed by atoms with E-state index in [1.165, 1.54) is 11.1 Å². The van der Waals surface area contributed by atoms with Gasteiger partial charge in [-0.3, -0.25) is 5.01 Å². The molecule has 1 aliphatic rings. The number of nitrogens with zero attached hydrogens (tertiary/aromatic N) is 2. The zero-order chi connectivity index (χ0) is 12.8. The minimum atomic E-state index is -3.69. The van der Waals surface area contributed by atoms with Crippen molar-refractivity contribution in [1.82, 2.24) is 0 Å². The van der Waals surface area contributed by atoms with Crippen molar-refractivity contribution in [2.24, 2.45) is 10.2 Å². The molecule has 1 aromatic heterocycles. The number of hydrazine groups is 1. The van der Waals surface area contributed by atoms with Crippen molar-refractivity contribution in [2.75, 3.05) is 5.01 Å². The first-order valence-corrected chi connectivity index (χ1v) is 7.27. The molecule has 1 aliphatic heterocycles. The molecule has 8 heteroatoms. The third-order valence-corrected chi connectivity index (χ3v) is 5.17. The molecule has 17 heavy (non-hydrogen) atoms. The Morgan fingerprint density at radius 1 is 1.71 bits per heavy atom. The summed E-state index contributed by atoms with van der Waals surface area (Å²) >= 11 is 6.75. The molecule has 0 saturated heterocycles. The summed E-state index contributed by atoms with van der Waals surface area (Å²) in [6, 6.07) is 1.52. The molecule has 0 saturated carbocycles. The van der Waals surface area contributed by atoms with Gasteiger partial charge in [-0.1, -0.05) is 23.8 Å². The van der Waals surface area contributed by atoms with Crippen molar-refractivity contribution < 1.29 is 8.42 Å². The van der Waals surface area contributed by atoms with E-state index >= 15 is 0 Å². The van der Waals surface area contributed by atoms with Gasteiger partial charge in [0.1, 0.15) is 5.84 Å². The molecule has 0 radical (unpaired) electrons. The van der Waals surface area contributed by atoms with Crippen LogP contribution in [0.2, 0.25) is 4.34 Å². The van der Waals surface area contributed by atoms with Gasteiger partial charge in [-0.05, 0) is 13.0 Å².